The number of benzene rings is 1. The molecule has 1 aromatic carbocycles. The molecule has 1 aliphatic heterocycles. The van der Waals surface area contributed by atoms with Crippen molar-refractivity contribution in [2.45, 2.75) is 18.9 Å². The standard InChI is InChI=1S/C12H12ClNO3/c13-9-3-1-8(2-4-9)12-14-7-10(17-12)5-6-11(15)16/h1-4,10H,5-7H2,(H,15,16). The van der Waals surface area contributed by atoms with Crippen LogP contribution < -0.4 is 0 Å². The van der Waals surface area contributed by atoms with Gasteiger partial charge in [-0.2, -0.15) is 0 Å². The molecule has 17 heavy (non-hydrogen) atoms. The second-order valence-corrected chi connectivity index (χ2v) is 4.26. The summed E-state index contributed by atoms with van der Waals surface area (Å²) >= 11 is 5.79. The molecular formula is C12H12ClNO3. The van der Waals surface area contributed by atoms with E-state index in [2.05, 4.69) is 4.99 Å². The normalized spacial score (nSPS) is 18.6. The van der Waals surface area contributed by atoms with Crippen molar-refractivity contribution < 1.29 is 14.6 Å². The van der Waals surface area contributed by atoms with Crippen molar-refractivity contribution in [1.82, 2.24) is 0 Å². The molecule has 1 heterocycles. The van der Waals surface area contributed by atoms with Gasteiger partial charge in [0.2, 0.25) is 5.90 Å². The molecular weight excluding hydrogens is 242 g/mol. The van der Waals surface area contributed by atoms with Crippen molar-refractivity contribution in [1.29, 1.82) is 0 Å². The molecule has 0 bridgehead atoms. The maximum Gasteiger partial charge on any atom is 0.303 e. The van der Waals surface area contributed by atoms with Crippen molar-refractivity contribution in [3.63, 3.8) is 0 Å². The van der Waals surface area contributed by atoms with Crippen LogP contribution >= 0.6 is 11.6 Å². The van der Waals surface area contributed by atoms with Gasteiger partial charge >= 0.3 is 5.97 Å². The van der Waals surface area contributed by atoms with E-state index in [-0.39, 0.29) is 12.5 Å². The molecule has 0 aromatic heterocycles. The highest BCUT2D eigenvalue weighted by Gasteiger charge is 2.21. The van der Waals surface area contributed by atoms with E-state index < -0.39 is 5.97 Å². The third-order valence-electron chi connectivity index (χ3n) is 2.49. The van der Waals surface area contributed by atoms with Crippen molar-refractivity contribution in [2.24, 2.45) is 4.99 Å². The Hall–Kier alpha value is -1.55. The lowest BCUT2D eigenvalue weighted by Gasteiger charge is -2.09. The van der Waals surface area contributed by atoms with E-state index in [1.54, 1.807) is 12.1 Å². The van der Waals surface area contributed by atoms with Crippen LogP contribution in [0, 0.1) is 0 Å². The Morgan fingerprint density at radius 3 is 2.82 bits per heavy atom. The average molecular weight is 254 g/mol. The van der Waals surface area contributed by atoms with Crippen LogP contribution in [-0.4, -0.2) is 29.6 Å². The fourth-order valence-electron chi connectivity index (χ4n) is 1.60. The molecule has 0 saturated carbocycles. The van der Waals surface area contributed by atoms with Crippen LogP contribution in [0.5, 0.6) is 0 Å². The van der Waals surface area contributed by atoms with E-state index >= 15 is 0 Å². The number of hydrogen-bond acceptors (Lipinski definition) is 3. The minimum Gasteiger partial charge on any atom is -0.481 e. The van der Waals surface area contributed by atoms with Crippen molar-refractivity contribution in [3.05, 3.63) is 34.9 Å². The number of halogens is 1. The highest BCUT2D eigenvalue weighted by atomic mass is 35.5. The summed E-state index contributed by atoms with van der Waals surface area (Å²) in [5.74, 6) is -0.245. The van der Waals surface area contributed by atoms with E-state index in [0.29, 0.717) is 23.9 Å². The number of aliphatic imine (C=N–C) groups is 1. The molecule has 0 amide bonds. The van der Waals surface area contributed by atoms with Crippen LogP contribution in [0.25, 0.3) is 0 Å². The molecule has 90 valence electrons. The van der Waals surface area contributed by atoms with Gasteiger partial charge in [0.05, 0.1) is 6.54 Å². The Morgan fingerprint density at radius 2 is 2.18 bits per heavy atom. The molecule has 1 atom stereocenters. The molecule has 0 saturated heterocycles. The van der Waals surface area contributed by atoms with Crippen molar-refractivity contribution >= 4 is 23.5 Å². The molecule has 2 rings (SSSR count). The molecule has 0 aliphatic carbocycles. The lowest BCUT2D eigenvalue weighted by molar-refractivity contribution is -0.137. The molecule has 0 fully saturated rings. The molecule has 5 heteroatoms. The molecule has 4 nitrogen and oxygen atoms in total. The largest absolute Gasteiger partial charge is 0.481 e. The van der Waals surface area contributed by atoms with E-state index in [0.717, 1.165) is 5.56 Å². The molecule has 0 spiro atoms. The number of carboxylic acids is 1. The Bertz CT molecular complexity index is 442. The number of aliphatic carboxylic acids is 1. The summed E-state index contributed by atoms with van der Waals surface area (Å²) in [6.45, 7) is 0.519. The van der Waals surface area contributed by atoms with Crippen LogP contribution in [-0.2, 0) is 9.53 Å². The van der Waals surface area contributed by atoms with Crippen LogP contribution in [0.1, 0.15) is 18.4 Å². The summed E-state index contributed by atoms with van der Waals surface area (Å²) in [5.41, 5.74) is 0.868. The van der Waals surface area contributed by atoms with Crippen LogP contribution in [0.15, 0.2) is 29.3 Å². The first kappa shape index (κ1) is 11.9. The predicted molar refractivity (Wildman–Crippen MR) is 64.6 cm³/mol. The number of carbonyl (C=O) groups is 1. The number of nitrogens with zero attached hydrogens (tertiary/aromatic N) is 1. The van der Waals surface area contributed by atoms with Crippen molar-refractivity contribution in [3.8, 4) is 0 Å². The Labute approximate surface area is 104 Å². The van der Waals surface area contributed by atoms with Crippen LogP contribution in [0.4, 0.5) is 0 Å². The van der Waals surface area contributed by atoms with Gasteiger partial charge in [-0.25, -0.2) is 4.99 Å². The topological polar surface area (TPSA) is 58.9 Å². The Kier molecular flexibility index (Phi) is 3.64. The molecule has 0 radical (unpaired) electrons. The van der Waals surface area contributed by atoms with E-state index in [4.69, 9.17) is 21.4 Å². The zero-order valence-electron chi connectivity index (χ0n) is 9.10. The first-order valence-corrected chi connectivity index (χ1v) is 5.72. The summed E-state index contributed by atoms with van der Waals surface area (Å²) in [4.78, 5) is 14.7. The summed E-state index contributed by atoms with van der Waals surface area (Å²) in [7, 11) is 0. The highest BCUT2D eigenvalue weighted by molar-refractivity contribution is 6.30. The number of carboxylic acid groups (broad SMARTS) is 1. The Morgan fingerprint density at radius 1 is 1.47 bits per heavy atom. The smallest absolute Gasteiger partial charge is 0.303 e. The first-order chi connectivity index (χ1) is 8.15. The van der Waals surface area contributed by atoms with Gasteiger partial charge in [-0.15, -0.1) is 0 Å². The maximum atomic E-state index is 10.4. The third-order valence-corrected chi connectivity index (χ3v) is 2.74. The monoisotopic (exact) mass is 253 g/mol. The number of rotatable bonds is 4. The molecule has 1 unspecified atom stereocenters. The van der Waals surface area contributed by atoms with Crippen LogP contribution in [0.3, 0.4) is 0 Å². The lowest BCUT2D eigenvalue weighted by atomic mass is 10.2. The second kappa shape index (κ2) is 5.19. The number of hydrogen-bond donors (Lipinski definition) is 1. The summed E-state index contributed by atoms with van der Waals surface area (Å²) in [5, 5.41) is 9.24. The SMILES string of the molecule is O=C(O)CCC1CN=C(c2ccc(Cl)cc2)O1. The highest BCUT2D eigenvalue weighted by Crippen LogP contribution is 2.17. The average Bonchev–Trinajstić information content (AvgIpc) is 2.76. The van der Waals surface area contributed by atoms with Gasteiger partial charge in [0, 0.05) is 17.0 Å². The first-order valence-electron chi connectivity index (χ1n) is 5.34. The number of ether oxygens (including phenoxy) is 1. The minimum atomic E-state index is -0.812. The maximum absolute atomic E-state index is 10.4. The summed E-state index contributed by atoms with van der Waals surface area (Å²) < 4.78 is 5.58. The van der Waals surface area contributed by atoms with Gasteiger partial charge in [0.25, 0.3) is 0 Å². The van der Waals surface area contributed by atoms with Gasteiger partial charge in [-0.05, 0) is 30.7 Å². The summed E-state index contributed by atoms with van der Waals surface area (Å²) in [6.07, 6.45) is 0.459. The summed E-state index contributed by atoms with van der Waals surface area (Å²) in [6, 6.07) is 7.21. The molecule has 1 aliphatic rings. The Balaban J connectivity index is 1.93. The van der Waals surface area contributed by atoms with Gasteiger partial charge in [0.1, 0.15) is 6.10 Å². The van der Waals surface area contributed by atoms with Gasteiger partial charge in [-0.3, -0.25) is 4.79 Å². The van der Waals surface area contributed by atoms with E-state index in [1.165, 1.54) is 0 Å². The van der Waals surface area contributed by atoms with E-state index in [9.17, 15) is 4.79 Å². The van der Waals surface area contributed by atoms with E-state index in [1.807, 2.05) is 12.1 Å². The van der Waals surface area contributed by atoms with Gasteiger partial charge in [-0.1, -0.05) is 11.6 Å². The minimum absolute atomic E-state index is 0.105. The van der Waals surface area contributed by atoms with Crippen molar-refractivity contribution in [2.75, 3.05) is 6.54 Å². The molecule has 1 N–H and O–H groups in total. The fourth-order valence-corrected chi connectivity index (χ4v) is 1.73. The third kappa shape index (κ3) is 3.20. The van der Waals surface area contributed by atoms with Gasteiger partial charge in [0.15, 0.2) is 0 Å². The fraction of sp³-hybridized carbons (Fsp3) is 0.333. The van der Waals surface area contributed by atoms with Gasteiger partial charge < -0.3 is 9.84 Å². The molecule has 1 aromatic rings. The lowest BCUT2D eigenvalue weighted by Crippen LogP contribution is -2.15. The zero-order valence-corrected chi connectivity index (χ0v) is 9.85. The predicted octanol–water partition coefficient (Wildman–Crippen LogP) is 2.35. The van der Waals surface area contributed by atoms with Crippen LogP contribution in [0.2, 0.25) is 5.02 Å². The quantitative estimate of drug-likeness (QED) is 0.896. The second-order valence-electron chi connectivity index (χ2n) is 3.83. The zero-order chi connectivity index (χ0) is 12.3.